The maximum atomic E-state index is 13.8. The van der Waals surface area contributed by atoms with E-state index >= 15 is 0 Å². The number of aliphatic hydroxyl groups excluding tert-OH is 1. The van der Waals surface area contributed by atoms with Crippen LogP contribution in [0.15, 0.2) is 59.6 Å². The van der Waals surface area contributed by atoms with Gasteiger partial charge in [-0.2, -0.15) is 0 Å². The van der Waals surface area contributed by atoms with Gasteiger partial charge in [-0.1, -0.05) is 44.2 Å². The van der Waals surface area contributed by atoms with Crippen LogP contribution in [0.2, 0.25) is 0 Å². The molecule has 8 nitrogen and oxygen atoms in total. The van der Waals surface area contributed by atoms with Crippen LogP contribution in [-0.4, -0.2) is 53.8 Å². The van der Waals surface area contributed by atoms with E-state index in [0.29, 0.717) is 36.8 Å². The van der Waals surface area contributed by atoms with Crippen LogP contribution >= 0.6 is 0 Å². The molecule has 0 unspecified atom stereocenters. The van der Waals surface area contributed by atoms with E-state index in [4.69, 9.17) is 24.3 Å². The van der Waals surface area contributed by atoms with Crippen molar-refractivity contribution in [3.63, 3.8) is 0 Å². The molecule has 38 heavy (non-hydrogen) atoms. The zero-order valence-electron chi connectivity index (χ0n) is 23.0. The Labute approximate surface area is 225 Å². The smallest absolute Gasteiger partial charge is 0.306 e. The third-order valence-corrected chi connectivity index (χ3v) is 5.93. The van der Waals surface area contributed by atoms with E-state index in [0.717, 1.165) is 5.56 Å². The topological polar surface area (TPSA) is 106 Å². The average molecular weight is 525 g/mol. The van der Waals surface area contributed by atoms with Gasteiger partial charge in [0.2, 0.25) is 5.90 Å². The third-order valence-electron chi connectivity index (χ3n) is 5.93. The van der Waals surface area contributed by atoms with Gasteiger partial charge >= 0.3 is 5.97 Å². The summed E-state index contributed by atoms with van der Waals surface area (Å²) in [5, 5.41) is 12.0. The number of hydrogen-bond donors (Lipinski definition) is 2. The number of aliphatic hydroxyl groups is 1. The lowest BCUT2D eigenvalue weighted by molar-refractivity contribution is -0.155. The van der Waals surface area contributed by atoms with Crippen molar-refractivity contribution in [2.24, 2.45) is 10.9 Å². The molecule has 0 aromatic heterocycles. The Balaban J connectivity index is 1.99. The van der Waals surface area contributed by atoms with Crippen molar-refractivity contribution in [1.29, 1.82) is 0 Å². The van der Waals surface area contributed by atoms with Gasteiger partial charge in [0, 0.05) is 31.6 Å². The Bertz CT molecular complexity index is 1090. The van der Waals surface area contributed by atoms with E-state index in [-0.39, 0.29) is 31.3 Å². The minimum absolute atomic E-state index is 0.00742. The molecular weight excluding hydrogens is 484 g/mol. The van der Waals surface area contributed by atoms with Crippen molar-refractivity contribution >= 4 is 17.8 Å². The highest BCUT2D eigenvalue weighted by Crippen LogP contribution is 2.43. The van der Waals surface area contributed by atoms with Gasteiger partial charge in [-0.3, -0.25) is 9.59 Å². The molecule has 1 heterocycles. The fraction of sp³-hybridized carbons (Fsp3) is 0.500. The molecule has 1 aliphatic heterocycles. The van der Waals surface area contributed by atoms with E-state index < -0.39 is 23.2 Å². The lowest BCUT2D eigenvalue weighted by Crippen LogP contribution is -2.49. The summed E-state index contributed by atoms with van der Waals surface area (Å²) in [6, 6.07) is 16.7. The van der Waals surface area contributed by atoms with Crippen LogP contribution in [0, 0.1) is 5.92 Å². The zero-order chi connectivity index (χ0) is 27.8. The maximum Gasteiger partial charge on any atom is 0.306 e. The molecule has 1 amide bonds. The van der Waals surface area contributed by atoms with Crippen LogP contribution < -0.4 is 10.1 Å². The number of esters is 1. The van der Waals surface area contributed by atoms with E-state index in [1.807, 2.05) is 77.1 Å². The summed E-state index contributed by atoms with van der Waals surface area (Å²) in [7, 11) is 0. The summed E-state index contributed by atoms with van der Waals surface area (Å²) in [6.45, 7) is 10.4. The second-order valence-corrected chi connectivity index (χ2v) is 10.9. The molecule has 0 radical (unpaired) electrons. The Hall–Kier alpha value is -3.39. The van der Waals surface area contributed by atoms with Gasteiger partial charge in [0.15, 0.2) is 11.6 Å². The fourth-order valence-electron chi connectivity index (χ4n) is 4.13. The zero-order valence-corrected chi connectivity index (χ0v) is 23.0. The number of ether oxygens (including phenoxy) is 3. The molecule has 0 spiro atoms. The Kier molecular flexibility index (Phi) is 9.91. The number of rotatable bonds is 12. The highest BCUT2D eigenvalue weighted by Gasteiger charge is 2.53. The van der Waals surface area contributed by atoms with Gasteiger partial charge < -0.3 is 24.6 Å². The number of aliphatic imine (C=N–C) groups is 1. The number of nitrogens with zero attached hydrogens (tertiary/aromatic N) is 1. The van der Waals surface area contributed by atoms with E-state index in [1.165, 1.54) is 0 Å². The van der Waals surface area contributed by atoms with Crippen LogP contribution in [-0.2, 0) is 19.1 Å². The lowest BCUT2D eigenvalue weighted by Gasteiger charge is -2.31. The van der Waals surface area contributed by atoms with Crippen molar-refractivity contribution in [1.82, 2.24) is 5.32 Å². The highest BCUT2D eigenvalue weighted by molar-refractivity contribution is 6.01. The second-order valence-electron chi connectivity index (χ2n) is 10.9. The molecule has 0 saturated carbocycles. The van der Waals surface area contributed by atoms with Gasteiger partial charge in [0.25, 0.3) is 5.91 Å². The molecule has 2 atom stereocenters. The number of benzene rings is 2. The minimum atomic E-state index is -1.36. The summed E-state index contributed by atoms with van der Waals surface area (Å²) in [6.07, 6.45) is -0.0547. The molecule has 8 heteroatoms. The molecule has 2 aromatic carbocycles. The molecule has 0 fully saturated rings. The van der Waals surface area contributed by atoms with Gasteiger partial charge in [-0.25, -0.2) is 4.99 Å². The molecule has 0 saturated heterocycles. The van der Waals surface area contributed by atoms with Crippen molar-refractivity contribution < 1.29 is 28.9 Å². The summed E-state index contributed by atoms with van der Waals surface area (Å²) in [5.74, 6) is 0.535. The molecule has 1 aliphatic rings. The Morgan fingerprint density at radius 1 is 1.11 bits per heavy atom. The molecule has 0 aliphatic carbocycles. The second kappa shape index (κ2) is 12.9. The molecule has 206 valence electrons. The predicted octanol–water partition coefficient (Wildman–Crippen LogP) is 4.60. The number of amides is 1. The van der Waals surface area contributed by atoms with E-state index in [2.05, 4.69) is 5.32 Å². The first kappa shape index (κ1) is 29.2. The van der Waals surface area contributed by atoms with Crippen molar-refractivity contribution in [3.05, 3.63) is 65.7 Å². The molecule has 0 bridgehead atoms. The minimum Gasteiger partial charge on any atom is -0.494 e. The lowest BCUT2D eigenvalue weighted by atomic mass is 9.83. The van der Waals surface area contributed by atoms with Crippen LogP contribution in [0.25, 0.3) is 0 Å². The van der Waals surface area contributed by atoms with Gasteiger partial charge in [-0.15, -0.1) is 0 Å². The van der Waals surface area contributed by atoms with Crippen molar-refractivity contribution in [3.8, 4) is 5.75 Å². The SMILES string of the molecule is CC(C)CNC(=O)[C@]1(CCC(=O)OC(C)(C)C)N=C(c2ccc(OCCCO)cc2)O[C@@H]1c1ccccc1. The fourth-order valence-corrected chi connectivity index (χ4v) is 4.13. The van der Waals surface area contributed by atoms with Gasteiger partial charge in [0.1, 0.15) is 11.4 Å². The summed E-state index contributed by atoms with van der Waals surface area (Å²) in [4.78, 5) is 31.5. The summed E-state index contributed by atoms with van der Waals surface area (Å²) in [5.41, 5.74) is -0.515. The van der Waals surface area contributed by atoms with E-state index in [1.54, 1.807) is 12.1 Å². The van der Waals surface area contributed by atoms with Gasteiger partial charge in [0.05, 0.1) is 6.61 Å². The summed E-state index contributed by atoms with van der Waals surface area (Å²) < 4.78 is 17.6. The number of carbonyl (C=O) groups is 2. The van der Waals surface area contributed by atoms with Crippen molar-refractivity contribution in [2.45, 2.75) is 71.1 Å². The number of carbonyl (C=O) groups excluding carboxylic acids is 2. The number of nitrogens with one attached hydrogen (secondary N) is 1. The normalized spacial score (nSPS) is 19.0. The highest BCUT2D eigenvalue weighted by atomic mass is 16.6. The van der Waals surface area contributed by atoms with E-state index in [9.17, 15) is 9.59 Å². The van der Waals surface area contributed by atoms with Gasteiger partial charge in [-0.05, 0) is 62.9 Å². The van der Waals surface area contributed by atoms with Crippen LogP contribution in [0.4, 0.5) is 0 Å². The molecule has 3 rings (SSSR count). The molecule has 2 aromatic rings. The summed E-state index contributed by atoms with van der Waals surface area (Å²) >= 11 is 0. The third kappa shape index (κ3) is 7.81. The number of hydrogen-bond acceptors (Lipinski definition) is 7. The standard InChI is InChI=1S/C30H40N2O6/c1-21(2)20-31-28(35)30(17-16-25(34)38-29(3,4)5)26(22-10-7-6-8-11-22)37-27(32-30)23-12-14-24(15-13-23)36-19-9-18-33/h6-8,10-15,21,26,33H,9,16-20H2,1-5H3,(H,31,35)/t26-,30-/m1/s1. The first-order valence-corrected chi connectivity index (χ1v) is 13.2. The van der Waals surface area contributed by atoms with Crippen LogP contribution in [0.1, 0.15) is 71.1 Å². The predicted molar refractivity (Wildman–Crippen MR) is 146 cm³/mol. The van der Waals surface area contributed by atoms with Crippen molar-refractivity contribution in [2.75, 3.05) is 19.8 Å². The first-order chi connectivity index (χ1) is 18.0. The Morgan fingerprint density at radius 2 is 1.79 bits per heavy atom. The van der Waals surface area contributed by atoms with Crippen LogP contribution in [0.3, 0.4) is 0 Å². The Morgan fingerprint density at radius 3 is 2.39 bits per heavy atom. The quantitative estimate of drug-likeness (QED) is 0.311. The molecule has 2 N–H and O–H groups in total. The molecular formula is C30H40N2O6. The van der Waals surface area contributed by atoms with Crippen LogP contribution in [0.5, 0.6) is 5.75 Å². The monoisotopic (exact) mass is 524 g/mol. The average Bonchev–Trinajstić information content (AvgIpc) is 3.27. The maximum absolute atomic E-state index is 13.8. The first-order valence-electron chi connectivity index (χ1n) is 13.2. The largest absolute Gasteiger partial charge is 0.494 e.